The number of carbonyl (C=O) groups excluding carboxylic acids is 1. The van der Waals surface area contributed by atoms with Crippen molar-refractivity contribution in [1.82, 2.24) is 15.2 Å². The predicted molar refractivity (Wildman–Crippen MR) is 98.2 cm³/mol. The highest BCUT2D eigenvalue weighted by Crippen LogP contribution is 2.23. The van der Waals surface area contributed by atoms with Gasteiger partial charge in [0.15, 0.2) is 0 Å². The van der Waals surface area contributed by atoms with Gasteiger partial charge in [-0.15, -0.1) is 0 Å². The molecule has 132 valence electrons. The summed E-state index contributed by atoms with van der Waals surface area (Å²) in [6.07, 6.45) is 1.56. The van der Waals surface area contributed by atoms with Gasteiger partial charge in [0.05, 0.1) is 24.8 Å². The number of rotatable bonds is 5. The standard InChI is InChI=1S/C18H19Cl2N3O2/c19-14-5-3-13(4-6-14)16(23-8-10-25-11-9-23)12-22-18(24)15-2-1-7-21-17(15)20/h1-7,16H,8-12H2,(H,22,24). The number of amides is 1. The normalized spacial score (nSPS) is 16.4. The van der Waals surface area contributed by atoms with E-state index in [1.54, 1.807) is 18.3 Å². The Morgan fingerprint density at radius 3 is 2.60 bits per heavy atom. The molecule has 7 heteroatoms. The largest absolute Gasteiger partial charge is 0.379 e. The molecular formula is C18H19Cl2N3O2. The topological polar surface area (TPSA) is 54.5 Å². The molecule has 2 heterocycles. The van der Waals surface area contributed by atoms with Gasteiger partial charge in [-0.2, -0.15) is 0 Å². The Morgan fingerprint density at radius 1 is 1.20 bits per heavy atom. The molecule has 1 aliphatic heterocycles. The second-order valence-electron chi connectivity index (χ2n) is 5.77. The van der Waals surface area contributed by atoms with E-state index in [9.17, 15) is 4.79 Å². The van der Waals surface area contributed by atoms with Gasteiger partial charge in [0.2, 0.25) is 0 Å². The first-order valence-corrected chi connectivity index (χ1v) is 8.87. The second kappa shape index (κ2) is 8.63. The first kappa shape index (κ1) is 18.1. The number of morpholine rings is 1. The van der Waals surface area contributed by atoms with E-state index in [1.165, 1.54) is 0 Å². The molecule has 0 radical (unpaired) electrons. The summed E-state index contributed by atoms with van der Waals surface area (Å²) in [5.74, 6) is -0.231. The molecule has 1 unspecified atom stereocenters. The minimum absolute atomic E-state index is 0.0422. The quantitative estimate of drug-likeness (QED) is 0.810. The Bertz CT molecular complexity index is 719. The Balaban J connectivity index is 1.74. The van der Waals surface area contributed by atoms with Gasteiger partial charge < -0.3 is 10.1 Å². The van der Waals surface area contributed by atoms with Crippen molar-refractivity contribution in [3.05, 3.63) is 63.9 Å². The number of benzene rings is 1. The van der Waals surface area contributed by atoms with Crippen molar-refractivity contribution in [3.63, 3.8) is 0 Å². The van der Waals surface area contributed by atoms with Gasteiger partial charge in [-0.3, -0.25) is 9.69 Å². The van der Waals surface area contributed by atoms with Crippen LogP contribution in [0.15, 0.2) is 42.6 Å². The number of halogens is 2. The molecule has 0 spiro atoms. The molecule has 25 heavy (non-hydrogen) atoms. The minimum Gasteiger partial charge on any atom is -0.379 e. The molecule has 5 nitrogen and oxygen atoms in total. The maximum atomic E-state index is 12.4. The Morgan fingerprint density at radius 2 is 1.92 bits per heavy atom. The first-order valence-electron chi connectivity index (χ1n) is 8.11. The van der Waals surface area contributed by atoms with Crippen LogP contribution in [0.25, 0.3) is 0 Å². The summed E-state index contributed by atoms with van der Waals surface area (Å²) < 4.78 is 5.44. The predicted octanol–water partition coefficient (Wildman–Crippen LogP) is 3.19. The molecule has 0 saturated carbocycles. The van der Waals surface area contributed by atoms with Crippen molar-refractivity contribution in [2.45, 2.75) is 6.04 Å². The van der Waals surface area contributed by atoms with Crippen LogP contribution >= 0.6 is 23.2 Å². The van der Waals surface area contributed by atoms with Gasteiger partial charge in [-0.1, -0.05) is 35.3 Å². The Hall–Kier alpha value is -1.66. The average Bonchev–Trinajstić information content (AvgIpc) is 2.64. The number of ether oxygens (including phenoxy) is 1. The highest BCUT2D eigenvalue weighted by molar-refractivity contribution is 6.32. The number of pyridine rings is 1. The summed E-state index contributed by atoms with van der Waals surface area (Å²) in [5.41, 5.74) is 1.48. The van der Waals surface area contributed by atoms with Crippen molar-refractivity contribution in [1.29, 1.82) is 0 Å². The van der Waals surface area contributed by atoms with E-state index >= 15 is 0 Å². The molecule has 1 fully saturated rings. The van der Waals surface area contributed by atoms with Crippen LogP contribution in [-0.2, 0) is 4.74 Å². The van der Waals surface area contributed by atoms with E-state index in [-0.39, 0.29) is 17.1 Å². The molecule has 1 N–H and O–H groups in total. The van der Waals surface area contributed by atoms with Gasteiger partial charge in [-0.05, 0) is 29.8 Å². The van der Waals surface area contributed by atoms with Crippen molar-refractivity contribution in [3.8, 4) is 0 Å². The monoisotopic (exact) mass is 379 g/mol. The Labute approximate surface area is 156 Å². The zero-order chi connectivity index (χ0) is 17.6. The lowest BCUT2D eigenvalue weighted by molar-refractivity contribution is 0.0162. The third-order valence-electron chi connectivity index (χ3n) is 4.20. The molecule has 1 aliphatic rings. The molecule has 1 amide bonds. The average molecular weight is 380 g/mol. The highest BCUT2D eigenvalue weighted by Gasteiger charge is 2.23. The highest BCUT2D eigenvalue weighted by atomic mass is 35.5. The van der Waals surface area contributed by atoms with Crippen LogP contribution in [0, 0.1) is 0 Å². The summed E-state index contributed by atoms with van der Waals surface area (Å²) in [6.45, 7) is 3.47. The fourth-order valence-corrected chi connectivity index (χ4v) is 3.20. The lowest BCUT2D eigenvalue weighted by atomic mass is 10.0. The van der Waals surface area contributed by atoms with E-state index < -0.39 is 0 Å². The molecule has 1 aromatic carbocycles. The third-order valence-corrected chi connectivity index (χ3v) is 4.75. The molecule has 0 aliphatic carbocycles. The third kappa shape index (κ3) is 4.70. The zero-order valence-corrected chi connectivity index (χ0v) is 15.1. The molecule has 3 rings (SSSR count). The minimum atomic E-state index is -0.231. The van der Waals surface area contributed by atoms with E-state index in [4.69, 9.17) is 27.9 Å². The Kier molecular flexibility index (Phi) is 6.26. The SMILES string of the molecule is O=C(NCC(c1ccc(Cl)cc1)N1CCOCC1)c1cccnc1Cl. The number of hydrogen-bond donors (Lipinski definition) is 1. The maximum Gasteiger partial charge on any atom is 0.254 e. The fraction of sp³-hybridized carbons (Fsp3) is 0.333. The van der Waals surface area contributed by atoms with E-state index in [1.807, 2.05) is 24.3 Å². The number of hydrogen-bond acceptors (Lipinski definition) is 4. The molecule has 0 bridgehead atoms. The molecule has 1 aromatic heterocycles. The second-order valence-corrected chi connectivity index (χ2v) is 6.56. The van der Waals surface area contributed by atoms with Crippen LogP contribution in [0.4, 0.5) is 0 Å². The number of nitrogens with one attached hydrogen (secondary N) is 1. The van der Waals surface area contributed by atoms with Gasteiger partial charge >= 0.3 is 0 Å². The van der Waals surface area contributed by atoms with Crippen LogP contribution in [0.3, 0.4) is 0 Å². The number of aromatic nitrogens is 1. The van der Waals surface area contributed by atoms with E-state index in [2.05, 4.69) is 15.2 Å². The molecular weight excluding hydrogens is 361 g/mol. The van der Waals surface area contributed by atoms with Gasteiger partial charge in [0.25, 0.3) is 5.91 Å². The molecule has 1 saturated heterocycles. The van der Waals surface area contributed by atoms with Crippen LogP contribution in [0.1, 0.15) is 22.0 Å². The lowest BCUT2D eigenvalue weighted by Crippen LogP contribution is -2.43. The fourth-order valence-electron chi connectivity index (χ4n) is 2.87. The van der Waals surface area contributed by atoms with Crippen LogP contribution < -0.4 is 5.32 Å². The van der Waals surface area contributed by atoms with Gasteiger partial charge in [0.1, 0.15) is 5.15 Å². The van der Waals surface area contributed by atoms with E-state index in [0.717, 1.165) is 18.7 Å². The summed E-state index contributed by atoms with van der Waals surface area (Å²) in [5, 5.41) is 3.87. The summed E-state index contributed by atoms with van der Waals surface area (Å²) in [4.78, 5) is 18.7. The number of carbonyl (C=O) groups is 1. The zero-order valence-electron chi connectivity index (χ0n) is 13.6. The van der Waals surface area contributed by atoms with Crippen LogP contribution in [0.5, 0.6) is 0 Å². The van der Waals surface area contributed by atoms with Crippen molar-refractivity contribution in [2.75, 3.05) is 32.8 Å². The number of nitrogens with zero attached hydrogens (tertiary/aromatic N) is 2. The van der Waals surface area contributed by atoms with Crippen molar-refractivity contribution in [2.24, 2.45) is 0 Å². The van der Waals surface area contributed by atoms with Crippen LogP contribution in [0.2, 0.25) is 10.2 Å². The van der Waals surface area contributed by atoms with Crippen molar-refractivity contribution >= 4 is 29.1 Å². The van der Waals surface area contributed by atoms with Crippen molar-refractivity contribution < 1.29 is 9.53 Å². The molecule has 2 aromatic rings. The summed E-state index contributed by atoms with van der Waals surface area (Å²) in [7, 11) is 0. The van der Waals surface area contributed by atoms with E-state index in [0.29, 0.717) is 30.3 Å². The van der Waals surface area contributed by atoms with Gasteiger partial charge in [-0.25, -0.2) is 4.98 Å². The first-order chi connectivity index (χ1) is 12.1. The smallest absolute Gasteiger partial charge is 0.254 e. The van der Waals surface area contributed by atoms with Crippen LogP contribution in [-0.4, -0.2) is 48.6 Å². The summed E-state index contributed by atoms with van der Waals surface area (Å²) in [6, 6.07) is 11.1. The van der Waals surface area contributed by atoms with Gasteiger partial charge in [0, 0.05) is 30.9 Å². The summed E-state index contributed by atoms with van der Waals surface area (Å²) >= 11 is 12.0. The lowest BCUT2D eigenvalue weighted by Gasteiger charge is -2.35. The maximum absolute atomic E-state index is 12.4. The molecule has 1 atom stereocenters.